The van der Waals surface area contributed by atoms with E-state index < -0.39 is 10.9 Å². The second kappa shape index (κ2) is 8.86. The molecule has 0 saturated carbocycles. The molecule has 0 unspecified atom stereocenters. The summed E-state index contributed by atoms with van der Waals surface area (Å²) < 4.78 is 0. The van der Waals surface area contributed by atoms with Gasteiger partial charge in [-0.15, -0.1) is 0 Å². The van der Waals surface area contributed by atoms with Crippen LogP contribution in [0.1, 0.15) is 27.7 Å². The fourth-order valence-electron chi connectivity index (χ4n) is 3.23. The van der Waals surface area contributed by atoms with E-state index in [1.54, 1.807) is 12.3 Å². The van der Waals surface area contributed by atoms with Crippen molar-refractivity contribution < 1.29 is 0 Å². The van der Waals surface area contributed by atoms with E-state index in [4.69, 9.17) is 0 Å². The normalized spacial score (nSPS) is 12.4. The highest BCUT2D eigenvalue weighted by atomic mass is 16.2. The molecule has 0 radical (unpaired) electrons. The monoisotopic (exact) mass is 441 g/mol. The van der Waals surface area contributed by atoms with Crippen molar-refractivity contribution in [2.24, 2.45) is 5.41 Å². The quantitative estimate of drug-likeness (QED) is 0.344. The number of anilines is 5. The number of aromatic nitrogens is 2. The van der Waals surface area contributed by atoms with Gasteiger partial charge in [0.1, 0.15) is 17.2 Å². The molecule has 3 N–H and O–H groups in total. The molecule has 4 aromatic rings. The second-order valence-electron chi connectivity index (χ2n) is 9.10. The van der Waals surface area contributed by atoms with Crippen molar-refractivity contribution in [3.8, 4) is 11.1 Å². The third-order valence-corrected chi connectivity index (χ3v) is 5.70. The molecule has 1 heterocycles. The standard InChI is InChI=1S/C26H27N5O2/c1-16(26(2,3)4)28-21-22(24(33)23(21)32)30-20-13-14-27-25(31-20)29-19-12-8-11-18(15-19)17-9-6-5-7-10-17/h5-16,28H,1-4H3,(H2,27,29,30,31)/t16-/m1/s1. The Hall–Kier alpha value is -4.00. The van der Waals surface area contributed by atoms with Crippen LogP contribution in [0, 0.1) is 5.41 Å². The number of nitrogens with zero attached hydrogens (tertiary/aromatic N) is 2. The van der Waals surface area contributed by atoms with E-state index in [1.807, 2.05) is 49.4 Å². The predicted octanol–water partition coefficient (Wildman–Crippen LogP) is 5.07. The lowest BCUT2D eigenvalue weighted by Gasteiger charge is -2.30. The van der Waals surface area contributed by atoms with Crippen LogP contribution >= 0.6 is 0 Å². The van der Waals surface area contributed by atoms with Gasteiger partial charge in [-0.25, -0.2) is 4.98 Å². The van der Waals surface area contributed by atoms with Crippen molar-refractivity contribution in [2.75, 3.05) is 16.0 Å². The Bertz CT molecular complexity index is 1340. The Morgan fingerprint density at radius 1 is 0.818 bits per heavy atom. The van der Waals surface area contributed by atoms with Crippen LogP contribution in [0.5, 0.6) is 0 Å². The van der Waals surface area contributed by atoms with Crippen LogP contribution < -0.4 is 26.8 Å². The molecule has 0 saturated heterocycles. The fourth-order valence-corrected chi connectivity index (χ4v) is 3.23. The van der Waals surface area contributed by atoms with Gasteiger partial charge >= 0.3 is 0 Å². The van der Waals surface area contributed by atoms with Crippen molar-refractivity contribution >= 4 is 28.8 Å². The molecule has 0 spiro atoms. The average molecular weight is 442 g/mol. The Balaban J connectivity index is 1.52. The zero-order valence-electron chi connectivity index (χ0n) is 19.1. The SMILES string of the molecule is C[C@@H](Nc1c(Nc2ccnc(Nc3cccc(-c4ccccc4)c3)n2)c(=O)c1=O)C(C)(C)C. The molecular formula is C26H27N5O2. The van der Waals surface area contributed by atoms with Crippen molar-refractivity contribution in [3.63, 3.8) is 0 Å². The van der Waals surface area contributed by atoms with Gasteiger partial charge in [0.05, 0.1) is 0 Å². The van der Waals surface area contributed by atoms with E-state index in [2.05, 4.69) is 58.8 Å². The second-order valence-corrected chi connectivity index (χ2v) is 9.10. The lowest BCUT2D eigenvalue weighted by molar-refractivity contribution is 0.359. The number of hydrogen-bond acceptors (Lipinski definition) is 7. The van der Waals surface area contributed by atoms with Gasteiger partial charge in [-0.05, 0) is 41.7 Å². The largest absolute Gasteiger partial charge is 0.377 e. The molecule has 3 aromatic carbocycles. The molecule has 1 aromatic heterocycles. The smallest absolute Gasteiger partial charge is 0.253 e. The average Bonchev–Trinajstić information content (AvgIpc) is 2.81. The summed E-state index contributed by atoms with van der Waals surface area (Å²) in [6, 6.07) is 19.7. The first-order valence-electron chi connectivity index (χ1n) is 10.8. The van der Waals surface area contributed by atoms with Crippen molar-refractivity contribution in [1.82, 2.24) is 9.97 Å². The number of rotatable bonds is 7. The molecule has 0 aliphatic rings. The molecular weight excluding hydrogens is 414 g/mol. The summed E-state index contributed by atoms with van der Waals surface area (Å²) in [6.45, 7) is 8.19. The van der Waals surface area contributed by atoms with E-state index in [9.17, 15) is 9.59 Å². The van der Waals surface area contributed by atoms with Gasteiger partial charge in [0.15, 0.2) is 0 Å². The first-order chi connectivity index (χ1) is 15.7. The maximum atomic E-state index is 12.2. The van der Waals surface area contributed by atoms with Gasteiger partial charge in [-0.1, -0.05) is 63.2 Å². The zero-order chi connectivity index (χ0) is 23.6. The maximum absolute atomic E-state index is 12.2. The number of hydrogen-bond donors (Lipinski definition) is 3. The van der Waals surface area contributed by atoms with Crippen LogP contribution in [0.4, 0.5) is 28.8 Å². The molecule has 33 heavy (non-hydrogen) atoms. The van der Waals surface area contributed by atoms with E-state index >= 15 is 0 Å². The van der Waals surface area contributed by atoms with Crippen LogP contribution in [0.3, 0.4) is 0 Å². The van der Waals surface area contributed by atoms with E-state index in [-0.39, 0.29) is 17.1 Å². The number of benzene rings is 2. The van der Waals surface area contributed by atoms with Crippen molar-refractivity contribution in [2.45, 2.75) is 33.7 Å². The van der Waals surface area contributed by atoms with Gasteiger partial charge in [-0.3, -0.25) is 9.59 Å². The minimum absolute atomic E-state index is 0.000804. The Labute approximate surface area is 192 Å². The first kappa shape index (κ1) is 22.2. The maximum Gasteiger partial charge on any atom is 0.253 e. The molecule has 7 heteroatoms. The first-order valence-corrected chi connectivity index (χ1v) is 10.8. The highest BCUT2D eigenvalue weighted by Gasteiger charge is 2.27. The Kier molecular flexibility index (Phi) is 5.96. The van der Waals surface area contributed by atoms with Crippen molar-refractivity contribution in [3.05, 3.63) is 87.3 Å². The predicted molar refractivity (Wildman–Crippen MR) is 134 cm³/mol. The van der Waals surface area contributed by atoms with E-state index in [0.717, 1.165) is 16.8 Å². The minimum Gasteiger partial charge on any atom is -0.377 e. The summed E-state index contributed by atoms with van der Waals surface area (Å²) in [5.41, 5.74) is 2.41. The van der Waals surface area contributed by atoms with Gasteiger partial charge in [0, 0.05) is 17.9 Å². The third kappa shape index (κ3) is 4.92. The number of nitrogens with one attached hydrogen (secondary N) is 3. The summed E-state index contributed by atoms with van der Waals surface area (Å²) >= 11 is 0. The van der Waals surface area contributed by atoms with Crippen LogP contribution in [0.2, 0.25) is 0 Å². The van der Waals surface area contributed by atoms with Crippen LogP contribution in [-0.4, -0.2) is 16.0 Å². The molecule has 4 rings (SSSR count). The summed E-state index contributed by atoms with van der Waals surface area (Å²) in [6.07, 6.45) is 1.59. The summed E-state index contributed by atoms with van der Waals surface area (Å²) in [4.78, 5) is 33.0. The summed E-state index contributed by atoms with van der Waals surface area (Å²) in [5.74, 6) is 0.798. The van der Waals surface area contributed by atoms with Gasteiger partial charge in [0.2, 0.25) is 5.95 Å². The molecule has 0 bridgehead atoms. The molecule has 0 aliphatic heterocycles. The molecule has 0 amide bonds. The zero-order valence-corrected chi connectivity index (χ0v) is 19.1. The summed E-state index contributed by atoms with van der Waals surface area (Å²) in [7, 11) is 0. The highest BCUT2D eigenvalue weighted by molar-refractivity contribution is 5.78. The Morgan fingerprint density at radius 2 is 1.52 bits per heavy atom. The van der Waals surface area contributed by atoms with E-state index in [0.29, 0.717) is 17.5 Å². The summed E-state index contributed by atoms with van der Waals surface area (Å²) in [5, 5.41) is 9.36. The topological polar surface area (TPSA) is 96.0 Å². The van der Waals surface area contributed by atoms with Crippen LogP contribution in [0.15, 0.2) is 76.4 Å². The van der Waals surface area contributed by atoms with Gasteiger partial charge < -0.3 is 16.0 Å². The van der Waals surface area contributed by atoms with Crippen LogP contribution in [0.25, 0.3) is 11.1 Å². The van der Waals surface area contributed by atoms with Crippen molar-refractivity contribution in [1.29, 1.82) is 0 Å². The Morgan fingerprint density at radius 3 is 2.24 bits per heavy atom. The fraction of sp³-hybridized carbons (Fsp3) is 0.231. The molecule has 1 atom stereocenters. The molecule has 7 nitrogen and oxygen atoms in total. The van der Waals surface area contributed by atoms with Gasteiger partial charge in [0.25, 0.3) is 10.9 Å². The lowest BCUT2D eigenvalue weighted by Crippen LogP contribution is -2.41. The van der Waals surface area contributed by atoms with Gasteiger partial charge in [-0.2, -0.15) is 4.98 Å². The molecule has 0 aliphatic carbocycles. The minimum atomic E-state index is -0.553. The van der Waals surface area contributed by atoms with Crippen LogP contribution in [-0.2, 0) is 0 Å². The van der Waals surface area contributed by atoms with E-state index in [1.165, 1.54) is 0 Å². The third-order valence-electron chi connectivity index (χ3n) is 5.70. The molecule has 168 valence electrons. The highest BCUT2D eigenvalue weighted by Crippen LogP contribution is 2.27. The lowest BCUT2D eigenvalue weighted by atomic mass is 9.87. The molecule has 0 fully saturated rings.